The number of aliphatic carboxylic acids is 1. The van der Waals surface area contributed by atoms with E-state index in [1.165, 1.54) is 19.9 Å². The van der Waals surface area contributed by atoms with Gasteiger partial charge in [0.05, 0.1) is 5.56 Å². The molecule has 0 saturated carbocycles. The number of carbonyl (C=O) groups excluding carboxylic acids is 2. The van der Waals surface area contributed by atoms with Crippen LogP contribution in [0.5, 0.6) is 0 Å². The molecule has 1 atom stereocenters. The van der Waals surface area contributed by atoms with Crippen LogP contribution in [-0.4, -0.2) is 24.0 Å². The van der Waals surface area contributed by atoms with Crippen LogP contribution in [0.25, 0.3) is 0 Å². The van der Waals surface area contributed by atoms with Crippen molar-refractivity contribution in [3.8, 4) is 0 Å². The van der Waals surface area contributed by atoms with Gasteiger partial charge in [-0.05, 0) is 85.8 Å². The maximum absolute atomic E-state index is 13.7. The highest BCUT2D eigenvalue weighted by Crippen LogP contribution is 2.29. The minimum atomic E-state index is -4.26. The Morgan fingerprint density at radius 1 is 1.23 bits per heavy atom. The first kappa shape index (κ1) is 20.3. The van der Waals surface area contributed by atoms with E-state index in [-0.39, 0.29) is 5.56 Å². The molecule has 0 radical (unpaired) electrons. The minimum absolute atomic E-state index is 0.122. The molecule has 1 rings (SSSR count). The number of ether oxygens (including phenoxy) is 1. The Balaban J connectivity index is 3.16. The zero-order valence-electron chi connectivity index (χ0n) is 11.3. The van der Waals surface area contributed by atoms with Crippen molar-refractivity contribution in [3.05, 3.63) is 28.4 Å². The third-order valence-electron chi connectivity index (χ3n) is 2.68. The number of hydrogen-bond donors (Lipinski definition) is 0. The second kappa shape index (κ2) is 7.85. The summed E-state index contributed by atoms with van der Waals surface area (Å²) in [6.07, 6.45) is -2.10. The predicted molar refractivity (Wildman–Crippen MR) is 98.6 cm³/mol. The van der Waals surface area contributed by atoms with E-state index in [0.29, 0.717) is 3.57 Å². The van der Waals surface area contributed by atoms with Gasteiger partial charge in [-0.2, -0.15) is 8.78 Å². The average molecular weight is 649 g/mol. The van der Waals surface area contributed by atoms with Gasteiger partial charge in [-0.1, -0.05) is 13.8 Å². The number of benzene rings is 1. The summed E-state index contributed by atoms with van der Waals surface area (Å²) in [5, 5.41) is 10.6. The zero-order chi connectivity index (χ0) is 17.2. The Bertz CT molecular complexity index is 605. The van der Waals surface area contributed by atoms with Crippen molar-refractivity contribution in [1.82, 2.24) is 0 Å². The zero-order valence-corrected chi connectivity index (χ0v) is 17.8. The van der Waals surface area contributed by atoms with E-state index in [0.717, 1.165) is 7.14 Å². The van der Waals surface area contributed by atoms with Gasteiger partial charge in [-0.3, -0.25) is 0 Å². The summed E-state index contributed by atoms with van der Waals surface area (Å²) >= 11 is 5.90. The molecule has 0 heterocycles. The Hall–Kier alpha value is 0.210. The van der Waals surface area contributed by atoms with Gasteiger partial charge in [-0.25, -0.2) is 4.79 Å². The second-order valence-electron chi connectivity index (χ2n) is 4.73. The number of esters is 1. The maximum atomic E-state index is 13.7. The fraction of sp³-hybridized carbons (Fsp3) is 0.385. The summed E-state index contributed by atoms with van der Waals surface area (Å²) < 4.78 is 34.2. The van der Waals surface area contributed by atoms with Crippen molar-refractivity contribution >= 4 is 79.7 Å². The highest BCUT2D eigenvalue weighted by molar-refractivity contribution is 14.1. The molecule has 1 unspecified atom stereocenters. The molecule has 1 aromatic rings. The number of alkyl halides is 2. The largest absolute Gasteiger partial charge is 0.544 e. The third kappa shape index (κ3) is 4.61. The average Bonchev–Trinajstić information content (AvgIpc) is 2.38. The Labute approximate surface area is 166 Å². The van der Waals surface area contributed by atoms with Gasteiger partial charge in [0.15, 0.2) is 6.10 Å². The topological polar surface area (TPSA) is 66.4 Å². The van der Waals surface area contributed by atoms with Crippen molar-refractivity contribution in [2.75, 3.05) is 0 Å². The normalized spacial score (nSPS) is 13.1. The van der Waals surface area contributed by atoms with Gasteiger partial charge in [0, 0.05) is 10.7 Å². The molecule has 0 aliphatic rings. The van der Waals surface area contributed by atoms with Gasteiger partial charge in [-0.15, -0.1) is 0 Å². The number of rotatable bonds is 5. The molecule has 0 N–H and O–H groups in total. The number of carboxylic acids is 1. The highest BCUT2D eigenvalue weighted by atomic mass is 127. The summed E-state index contributed by atoms with van der Waals surface area (Å²) in [5.41, 5.74) is 0.122. The standard InChI is InChI=1S/C13H11F2I3O4/c1-5(2)10(13(14,15)12(20)21)22-11(19)7-3-6(16)4-8(17)9(7)18/h3-5,10H,1-2H3,(H,20,21)/p-1. The number of halogens is 5. The van der Waals surface area contributed by atoms with E-state index in [1.54, 1.807) is 0 Å². The van der Waals surface area contributed by atoms with Crippen LogP contribution in [0.4, 0.5) is 8.78 Å². The molecule has 4 nitrogen and oxygen atoms in total. The number of hydrogen-bond acceptors (Lipinski definition) is 4. The lowest BCUT2D eigenvalue weighted by Crippen LogP contribution is -2.53. The van der Waals surface area contributed by atoms with Crippen molar-refractivity contribution in [3.63, 3.8) is 0 Å². The molecule has 22 heavy (non-hydrogen) atoms. The lowest BCUT2D eigenvalue weighted by Gasteiger charge is -2.30. The monoisotopic (exact) mass is 649 g/mol. The molecule has 0 bridgehead atoms. The number of carbonyl (C=O) groups is 2. The molecule has 0 aliphatic heterocycles. The van der Waals surface area contributed by atoms with E-state index in [2.05, 4.69) is 0 Å². The summed E-state index contributed by atoms with van der Waals surface area (Å²) in [6.45, 7) is 2.69. The van der Waals surface area contributed by atoms with Gasteiger partial charge >= 0.3 is 11.9 Å². The van der Waals surface area contributed by atoms with Crippen LogP contribution in [0, 0.1) is 16.6 Å². The minimum Gasteiger partial charge on any atom is -0.544 e. The fourth-order valence-electron chi connectivity index (χ4n) is 1.63. The van der Waals surface area contributed by atoms with E-state index in [1.807, 2.05) is 73.8 Å². The highest BCUT2D eigenvalue weighted by Gasteiger charge is 2.46. The Morgan fingerprint density at radius 2 is 1.77 bits per heavy atom. The Kier molecular flexibility index (Phi) is 7.23. The molecule has 0 amide bonds. The molecule has 9 heteroatoms. The number of carboxylic acid groups (broad SMARTS) is 1. The summed E-state index contributed by atoms with van der Waals surface area (Å²) in [7, 11) is 0. The molecular formula is C13H10F2I3O4-. The van der Waals surface area contributed by atoms with Gasteiger partial charge in [0.2, 0.25) is 0 Å². The fourth-order valence-corrected chi connectivity index (χ4v) is 4.00. The first-order valence-electron chi connectivity index (χ1n) is 5.93. The van der Waals surface area contributed by atoms with Crippen LogP contribution in [0.15, 0.2) is 12.1 Å². The van der Waals surface area contributed by atoms with Crippen LogP contribution in [0.3, 0.4) is 0 Å². The van der Waals surface area contributed by atoms with Gasteiger partial charge in [0.1, 0.15) is 5.97 Å². The molecule has 0 fully saturated rings. The molecule has 0 spiro atoms. The SMILES string of the molecule is CC(C)C(OC(=O)c1cc(I)cc(I)c1I)C(F)(F)C(=O)[O-]. The first-order chi connectivity index (χ1) is 9.98. The van der Waals surface area contributed by atoms with Crippen LogP contribution in [0.1, 0.15) is 24.2 Å². The van der Waals surface area contributed by atoms with Gasteiger partial charge in [0.25, 0.3) is 0 Å². The second-order valence-corrected chi connectivity index (χ2v) is 8.22. The summed E-state index contributed by atoms with van der Waals surface area (Å²) in [5.74, 6) is -8.70. The molecule has 0 aliphatic carbocycles. The third-order valence-corrected chi connectivity index (χ3v) is 6.35. The van der Waals surface area contributed by atoms with Gasteiger partial charge < -0.3 is 14.6 Å². The lowest BCUT2D eigenvalue weighted by molar-refractivity contribution is -0.337. The van der Waals surface area contributed by atoms with Crippen LogP contribution < -0.4 is 5.11 Å². The summed E-state index contributed by atoms with van der Waals surface area (Å²) in [4.78, 5) is 22.8. The quantitative estimate of drug-likeness (QED) is 0.280. The first-order valence-corrected chi connectivity index (χ1v) is 9.16. The van der Waals surface area contributed by atoms with Crippen molar-refractivity contribution in [2.45, 2.75) is 25.9 Å². The van der Waals surface area contributed by atoms with E-state index in [9.17, 15) is 23.5 Å². The van der Waals surface area contributed by atoms with Crippen LogP contribution >= 0.6 is 67.8 Å². The smallest absolute Gasteiger partial charge is 0.339 e. The molecule has 0 saturated heterocycles. The van der Waals surface area contributed by atoms with Crippen molar-refractivity contribution in [2.24, 2.45) is 5.92 Å². The van der Waals surface area contributed by atoms with E-state index >= 15 is 0 Å². The van der Waals surface area contributed by atoms with E-state index in [4.69, 9.17) is 4.74 Å². The Morgan fingerprint density at radius 3 is 2.23 bits per heavy atom. The molecular weight excluding hydrogens is 639 g/mol. The molecule has 0 aromatic heterocycles. The van der Waals surface area contributed by atoms with Crippen LogP contribution in [-0.2, 0) is 9.53 Å². The van der Waals surface area contributed by atoms with Crippen LogP contribution in [0.2, 0.25) is 0 Å². The molecule has 122 valence electrons. The summed E-state index contributed by atoms with van der Waals surface area (Å²) in [6, 6.07) is 3.32. The van der Waals surface area contributed by atoms with Crippen molar-refractivity contribution < 1.29 is 28.2 Å². The maximum Gasteiger partial charge on any atom is 0.339 e. The molecule has 1 aromatic carbocycles. The predicted octanol–water partition coefficient (Wildman–Crippen LogP) is 3.07. The van der Waals surface area contributed by atoms with E-state index < -0.39 is 29.9 Å². The van der Waals surface area contributed by atoms with Crippen molar-refractivity contribution in [1.29, 1.82) is 0 Å². The lowest BCUT2D eigenvalue weighted by atomic mass is 10.0.